The lowest BCUT2D eigenvalue weighted by molar-refractivity contribution is 0.209. The number of aromatic nitrogens is 4. The van der Waals surface area contributed by atoms with E-state index < -0.39 is 0 Å². The van der Waals surface area contributed by atoms with Gasteiger partial charge in [-0.15, -0.1) is 11.3 Å². The van der Waals surface area contributed by atoms with Crippen LogP contribution in [0.15, 0.2) is 71.2 Å². The van der Waals surface area contributed by atoms with Crippen LogP contribution < -0.4 is 21.5 Å². The van der Waals surface area contributed by atoms with Crippen molar-refractivity contribution < 1.29 is 0 Å². The first kappa shape index (κ1) is 26.9. The van der Waals surface area contributed by atoms with Gasteiger partial charge in [-0.05, 0) is 62.7 Å². The average Bonchev–Trinajstić information content (AvgIpc) is 3.53. The Labute approximate surface area is 243 Å². The predicted molar refractivity (Wildman–Crippen MR) is 169 cm³/mol. The Kier molecular flexibility index (Phi) is 7.42. The van der Waals surface area contributed by atoms with Crippen molar-refractivity contribution >= 4 is 45.4 Å². The highest BCUT2D eigenvalue weighted by molar-refractivity contribution is 7.13. The van der Waals surface area contributed by atoms with E-state index in [1.165, 1.54) is 5.69 Å². The highest BCUT2D eigenvalue weighted by Crippen LogP contribution is 2.32. The summed E-state index contributed by atoms with van der Waals surface area (Å²) in [7, 11) is 0. The molecule has 0 radical (unpaired) electrons. The van der Waals surface area contributed by atoms with Gasteiger partial charge in [-0.3, -0.25) is 19.2 Å². The Morgan fingerprint density at radius 3 is 2.44 bits per heavy atom. The number of hydrogen-bond acceptors (Lipinski definition) is 9. The first-order chi connectivity index (χ1) is 19.9. The molecular weight excluding hydrogens is 532 g/mol. The number of pyridine rings is 1. The molecule has 9 nitrogen and oxygen atoms in total. The summed E-state index contributed by atoms with van der Waals surface area (Å²) in [6.45, 7) is 11.1. The van der Waals surface area contributed by atoms with E-state index in [0.717, 1.165) is 47.7 Å². The SMILES string of the molecule is CCn1c(=O)c(-c2ccc(-c3cncs3)cc2N)cc2cnc(Nc3ccc(N4CCN(C(C)C)CC4)cc3)nc21. The molecule has 1 aliphatic rings. The summed E-state index contributed by atoms with van der Waals surface area (Å²) in [6.07, 6.45) is 3.57. The maximum atomic E-state index is 13.6. The topological polar surface area (TPSA) is 105 Å². The van der Waals surface area contributed by atoms with Crippen LogP contribution in [0.5, 0.6) is 0 Å². The fourth-order valence-corrected chi connectivity index (χ4v) is 6.03. The van der Waals surface area contributed by atoms with E-state index in [1.54, 1.807) is 27.6 Å². The molecule has 0 spiro atoms. The standard InChI is InChI=1S/C31H34N8OS/c1-4-39-29-22(15-26(30(39)40)25-10-5-21(16-27(25)32)28-18-33-19-41-28)17-34-31(36-29)35-23-6-8-24(9-7-23)38-13-11-37(12-14-38)20(2)3/h5-10,15-20H,4,11-14,32H2,1-3H3,(H,34,35,36). The molecule has 0 amide bonds. The lowest BCUT2D eigenvalue weighted by Gasteiger charge is -2.38. The van der Waals surface area contributed by atoms with Crippen LogP contribution in [0, 0.1) is 0 Å². The molecule has 210 valence electrons. The third-order valence-electron chi connectivity index (χ3n) is 7.73. The molecule has 6 rings (SSSR count). The average molecular weight is 567 g/mol. The number of thiazole rings is 1. The summed E-state index contributed by atoms with van der Waals surface area (Å²) < 4.78 is 1.67. The minimum Gasteiger partial charge on any atom is -0.398 e. The highest BCUT2D eigenvalue weighted by Gasteiger charge is 2.19. The number of hydrogen-bond donors (Lipinski definition) is 2. The minimum atomic E-state index is -0.135. The molecular formula is C31H34N8OS. The fourth-order valence-electron chi connectivity index (χ4n) is 5.41. The first-order valence-corrected chi connectivity index (χ1v) is 14.8. The van der Waals surface area contributed by atoms with Gasteiger partial charge in [0.1, 0.15) is 5.65 Å². The van der Waals surface area contributed by atoms with Crippen LogP contribution in [0.1, 0.15) is 20.8 Å². The number of anilines is 4. The van der Waals surface area contributed by atoms with Crippen molar-refractivity contribution in [3.05, 3.63) is 76.8 Å². The van der Waals surface area contributed by atoms with Crippen LogP contribution in [0.4, 0.5) is 23.0 Å². The van der Waals surface area contributed by atoms with Gasteiger partial charge in [0.25, 0.3) is 5.56 Å². The molecule has 0 unspecified atom stereocenters. The van der Waals surface area contributed by atoms with E-state index in [2.05, 4.69) is 51.1 Å². The number of fused-ring (bicyclic) bond motifs is 1. The van der Waals surface area contributed by atoms with Gasteiger partial charge in [0.2, 0.25) is 5.95 Å². The van der Waals surface area contributed by atoms with Gasteiger partial charge in [0.05, 0.1) is 16.0 Å². The Bertz CT molecular complexity index is 1720. The molecule has 4 heterocycles. The molecule has 0 atom stereocenters. The first-order valence-electron chi connectivity index (χ1n) is 14.0. The van der Waals surface area contributed by atoms with Crippen LogP contribution >= 0.6 is 11.3 Å². The molecule has 5 aromatic rings. The molecule has 1 aliphatic heterocycles. The summed E-state index contributed by atoms with van der Waals surface area (Å²) in [4.78, 5) is 33.0. The third-order valence-corrected chi connectivity index (χ3v) is 8.56. The van der Waals surface area contributed by atoms with Gasteiger partial charge in [-0.25, -0.2) is 4.98 Å². The van der Waals surface area contributed by atoms with Crippen molar-refractivity contribution in [2.75, 3.05) is 42.1 Å². The summed E-state index contributed by atoms with van der Waals surface area (Å²) in [5, 5.41) is 4.08. The zero-order valence-electron chi connectivity index (χ0n) is 23.5. The van der Waals surface area contributed by atoms with Gasteiger partial charge >= 0.3 is 0 Å². The number of benzene rings is 2. The molecule has 3 aromatic heterocycles. The number of aryl methyl sites for hydroxylation is 1. The molecule has 2 aromatic carbocycles. The van der Waals surface area contributed by atoms with Crippen LogP contribution in [0.2, 0.25) is 0 Å². The quantitative estimate of drug-likeness (QED) is 0.250. The second kappa shape index (κ2) is 11.3. The van der Waals surface area contributed by atoms with E-state index in [-0.39, 0.29) is 5.56 Å². The number of nitrogens with two attached hydrogens (primary N) is 1. The number of nitrogens with zero attached hydrogens (tertiary/aromatic N) is 6. The second-order valence-electron chi connectivity index (χ2n) is 10.5. The van der Waals surface area contributed by atoms with E-state index >= 15 is 0 Å². The molecule has 0 aliphatic carbocycles. The summed E-state index contributed by atoms with van der Waals surface area (Å²) in [6, 6.07) is 16.5. The maximum absolute atomic E-state index is 13.6. The van der Waals surface area contributed by atoms with Crippen LogP contribution in [-0.4, -0.2) is 56.6 Å². The van der Waals surface area contributed by atoms with Gasteiger partial charge in [-0.2, -0.15) is 4.98 Å². The number of nitrogen functional groups attached to an aromatic ring is 1. The van der Waals surface area contributed by atoms with E-state index in [4.69, 9.17) is 10.7 Å². The zero-order valence-corrected chi connectivity index (χ0v) is 24.4. The van der Waals surface area contributed by atoms with Crippen molar-refractivity contribution in [2.24, 2.45) is 0 Å². The number of piperazine rings is 1. The van der Waals surface area contributed by atoms with Crippen LogP contribution in [0.25, 0.3) is 32.6 Å². The Morgan fingerprint density at radius 1 is 1.00 bits per heavy atom. The molecule has 10 heteroatoms. The van der Waals surface area contributed by atoms with Gasteiger partial charge in [0.15, 0.2) is 0 Å². The van der Waals surface area contributed by atoms with E-state index in [1.807, 2.05) is 49.5 Å². The zero-order chi connectivity index (χ0) is 28.5. The lowest BCUT2D eigenvalue weighted by Crippen LogP contribution is -2.48. The Morgan fingerprint density at radius 2 is 1.78 bits per heavy atom. The maximum Gasteiger partial charge on any atom is 0.260 e. The molecule has 0 saturated carbocycles. The van der Waals surface area contributed by atoms with Crippen molar-refractivity contribution in [1.29, 1.82) is 0 Å². The number of nitrogens with one attached hydrogen (secondary N) is 1. The predicted octanol–water partition coefficient (Wildman–Crippen LogP) is 5.46. The third kappa shape index (κ3) is 5.40. The number of rotatable bonds is 7. The normalized spacial score (nSPS) is 14.2. The van der Waals surface area contributed by atoms with Gasteiger partial charge in [-0.1, -0.05) is 12.1 Å². The Balaban J connectivity index is 1.24. The van der Waals surface area contributed by atoms with Crippen molar-refractivity contribution in [1.82, 2.24) is 24.4 Å². The van der Waals surface area contributed by atoms with Gasteiger partial charge in [0, 0.05) is 79.2 Å². The van der Waals surface area contributed by atoms with Crippen molar-refractivity contribution in [3.63, 3.8) is 0 Å². The summed E-state index contributed by atoms with van der Waals surface area (Å²) in [5.41, 5.74) is 13.5. The van der Waals surface area contributed by atoms with E-state index in [0.29, 0.717) is 41.0 Å². The molecule has 1 fully saturated rings. The smallest absolute Gasteiger partial charge is 0.260 e. The molecule has 3 N–H and O–H groups in total. The highest BCUT2D eigenvalue weighted by atomic mass is 32.1. The molecule has 41 heavy (non-hydrogen) atoms. The monoisotopic (exact) mass is 566 g/mol. The summed E-state index contributed by atoms with van der Waals surface area (Å²) in [5.74, 6) is 0.443. The fraction of sp³-hybridized carbons (Fsp3) is 0.290. The second-order valence-corrected chi connectivity index (χ2v) is 11.4. The summed E-state index contributed by atoms with van der Waals surface area (Å²) >= 11 is 1.55. The molecule has 0 bridgehead atoms. The van der Waals surface area contributed by atoms with Crippen molar-refractivity contribution in [3.8, 4) is 21.6 Å². The van der Waals surface area contributed by atoms with Crippen molar-refractivity contribution in [2.45, 2.75) is 33.4 Å². The van der Waals surface area contributed by atoms with Gasteiger partial charge < -0.3 is 16.0 Å². The van der Waals surface area contributed by atoms with E-state index in [9.17, 15) is 4.79 Å². The largest absolute Gasteiger partial charge is 0.398 e. The van der Waals surface area contributed by atoms with Crippen LogP contribution in [0.3, 0.4) is 0 Å². The van der Waals surface area contributed by atoms with Crippen LogP contribution in [-0.2, 0) is 6.54 Å². The molecule has 1 saturated heterocycles. The lowest BCUT2D eigenvalue weighted by atomic mass is 10.0. The Hall–Kier alpha value is -4.28. The minimum absolute atomic E-state index is 0.135.